The van der Waals surface area contributed by atoms with Gasteiger partial charge in [-0.3, -0.25) is 0 Å². The van der Waals surface area contributed by atoms with Gasteiger partial charge in [0, 0.05) is 17.9 Å². The third-order valence-corrected chi connectivity index (χ3v) is 5.21. The molecule has 0 bridgehead atoms. The van der Waals surface area contributed by atoms with Gasteiger partial charge in [-0.05, 0) is 53.2 Å². The van der Waals surface area contributed by atoms with Gasteiger partial charge in [0.1, 0.15) is 5.75 Å². The van der Waals surface area contributed by atoms with Crippen LogP contribution in [0.4, 0.5) is 0 Å². The van der Waals surface area contributed by atoms with E-state index in [9.17, 15) is 5.11 Å². The van der Waals surface area contributed by atoms with Crippen LogP contribution in [0.2, 0.25) is 0 Å². The van der Waals surface area contributed by atoms with Gasteiger partial charge >= 0.3 is 0 Å². The minimum absolute atomic E-state index is 0. The highest BCUT2D eigenvalue weighted by atomic mass is 79.9. The quantitative estimate of drug-likeness (QED) is 0.692. The molecule has 0 radical (unpaired) electrons. The van der Waals surface area contributed by atoms with Crippen LogP contribution in [0.5, 0.6) is 5.75 Å². The molecule has 0 aromatic heterocycles. The van der Waals surface area contributed by atoms with E-state index in [0.717, 1.165) is 18.5 Å². The summed E-state index contributed by atoms with van der Waals surface area (Å²) in [6.45, 7) is 14.5. The molecular weight excluding hydrogens is 386 g/mol. The summed E-state index contributed by atoms with van der Waals surface area (Å²) in [6, 6.07) is 15.9. The zero-order valence-corrected chi connectivity index (χ0v) is 18.6. The Morgan fingerprint density at radius 1 is 0.885 bits per heavy atom. The van der Waals surface area contributed by atoms with Crippen molar-refractivity contribution in [1.29, 1.82) is 0 Å². The predicted octanol–water partition coefficient (Wildman–Crippen LogP) is 1.24. The largest absolute Gasteiger partial charge is 1.00 e. The van der Waals surface area contributed by atoms with Crippen LogP contribution in [0.15, 0.2) is 42.5 Å². The summed E-state index contributed by atoms with van der Waals surface area (Å²) in [4.78, 5) is 1.62. The Kier molecular flexibility index (Phi) is 8.85. The lowest BCUT2D eigenvalue weighted by Gasteiger charge is -2.29. The normalized spacial score (nSPS) is 12.5. The molecule has 0 fully saturated rings. The Morgan fingerprint density at radius 2 is 1.50 bits per heavy atom. The van der Waals surface area contributed by atoms with Crippen molar-refractivity contribution in [3.8, 4) is 5.75 Å². The average Bonchev–Trinajstić information content (AvgIpc) is 2.53. The Morgan fingerprint density at radius 3 is 2.08 bits per heavy atom. The molecule has 0 amide bonds. The molecule has 144 valence electrons. The molecule has 0 aliphatic rings. The number of phenols is 1. The number of phenolic OH excluding ortho intramolecular Hbond substituents is 1. The van der Waals surface area contributed by atoms with Crippen molar-refractivity contribution in [3.63, 3.8) is 0 Å². The van der Waals surface area contributed by atoms with Gasteiger partial charge in [-0.2, -0.15) is 0 Å². The summed E-state index contributed by atoms with van der Waals surface area (Å²) in [5, 5.41) is 10.5. The topological polar surface area (TPSA) is 24.7 Å². The Hall–Kier alpha value is -1.32. The zero-order chi connectivity index (χ0) is 18.6. The van der Waals surface area contributed by atoms with E-state index in [2.05, 4.69) is 71.9 Å². The third kappa shape index (κ3) is 5.85. The minimum atomic E-state index is 0. The van der Waals surface area contributed by atoms with Gasteiger partial charge in [0.15, 0.2) is 0 Å². The lowest BCUT2D eigenvalue weighted by Crippen LogP contribution is -3.17. The van der Waals surface area contributed by atoms with Gasteiger partial charge in [-0.15, -0.1) is 0 Å². The number of benzene rings is 2. The maximum Gasteiger partial charge on any atom is 0.119 e. The molecule has 2 rings (SSSR count). The van der Waals surface area contributed by atoms with Crippen LogP contribution in [0, 0.1) is 13.8 Å². The Balaban J connectivity index is 0.00000338. The smallest absolute Gasteiger partial charge is 0.119 e. The van der Waals surface area contributed by atoms with Crippen molar-refractivity contribution in [2.24, 2.45) is 0 Å². The summed E-state index contributed by atoms with van der Waals surface area (Å²) in [5.74, 6) is 0.639. The standard InChI is InChI=1S/C23H33NO.BrH/c1-16(2)24(17(3)4)13-12-21(20-9-7-8-18(5)14-20)22-15-19(6)10-11-23(22)25;/h7-11,14-17,21,25H,12-13H2,1-6H3;1H/t21-;/m1./s1. The van der Waals surface area contributed by atoms with Gasteiger partial charge in [0.2, 0.25) is 0 Å². The van der Waals surface area contributed by atoms with E-state index in [1.54, 1.807) is 4.90 Å². The summed E-state index contributed by atoms with van der Waals surface area (Å²) >= 11 is 0. The van der Waals surface area contributed by atoms with Gasteiger partial charge in [0.25, 0.3) is 0 Å². The third-order valence-electron chi connectivity index (χ3n) is 5.21. The molecule has 0 aliphatic carbocycles. The number of hydrogen-bond acceptors (Lipinski definition) is 1. The Labute approximate surface area is 170 Å². The van der Waals surface area contributed by atoms with E-state index in [-0.39, 0.29) is 22.9 Å². The van der Waals surface area contributed by atoms with Crippen molar-refractivity contribution in [2.45, 2.75) is 66.0 Å². The zero-order valence-electron chi connectivity index (χ0n) is 17.0. The monoisotopic (exact) mass is 419 g/mol. The molecule has 0 saturated heterocycles. The first-order valence-corrected chi connectivity index (χ1v) is 9.51. The van der Waals surface area contributed by atoms with Crippen LogP contribution in [0.1, 0.15) is 62.3 Å². The first-order valence-electron chi connectivity index (χ1n) is 9.51. The summed E-state index contributed by atoms with van der Waals surface area (Å²) < 4.78 is 0. The molecule has 0 heterocycles. The molecule has 0 saturated carbocycles. The van der Waals surface area contributed by atoms with Crippen molar-refractivity contribution in [1.82, 2.24) is 0 Å². The van der Waals surface area contributed by atoms with E-state index in [1.165, 1.54) is 16.7 Å². The second kappa shape index (κ2) is 10.1. The molecule has 2 aromatic rings. The molecule has 26 heavy (non-hydrogen) atoms. The second-order valence-corrected chi connectivity index (χ2v) is 7.95. The molecule has 1 atom stereocenters. The summed E-state index contributed by atoms with van der Waals surface area (Å²) in [6.07, 6.45) is 1.03. The Bertz CT molecular complexity index is 688. The van der Waals surface area contributed by atoms with Gasteiger partial charge in [0.05, 0.1) is 18.6 Å². The van der Waals surface area contributed by atoms with E-state index >= 15 is 0 Å². The van der Waals surface area contributed by atoms with Crippen molar-refractivity contribution >= 4 is 0 Å². The fraction of sp³-hybridized carbons (Fsp3) is 0.478. The highest BCUT2D eigenvalue weighted by Gasteiger charge is 2.23. The number of halogens is 1. The van der Waals surface area contributed by atoms with E-state index in [4.69, 9.17) is 0 Å². The van der Waals surface area contributed by atoms with Crippen molar-refractivity contribution in [3.05, 3.63) is 64.7 Å². The first-order chi connectivity index (χ1) is 11.8. The lowest BCUT2D eigenvalue weighted by molar-refractivity contribution is -0.942. The SMILES string of the molecule is Cc1cccc([C@@H](CC[NH+](C(C)C)C(C)C)c2cc(C)ccc2O)c1.[Br-]. The van der Waals surface area contributed by atoms with Gasteiger partial charge in [-0.1, -0.05) is 47.5 Å². The highest BCUT2D eigenvalue weighted by Crippen LogP contribution is 2.34. The molecule has 0 unspecified atom stereocenters. The molecule has 2 N–H and O–H groups in total. The fourth-order valence-electron chi connectivity index (χ4n) is 3.90. The number of hydrogen-bond donors (Lipinski definition) is 2. The molecule has 3 heteroatoms. The number of aromatic hydroxyl groups is 1. The first kappa shape index (κ1) is 22.7. The number of rotatable bonds is 7. The molecule has 2 aromatic carbocycles. The van der Waals surface area contributed by atoms with Crippen LogP contribution in [-0.2, 0) is 0 Å². The van der Waals surface area contributed by atoms with E-state index < -0.39 is 0 Å². The van der Waals surface area contributed by atoms with E-state index in [0.29, 0.717) is 17.8 Å². The van der Waals surface area contributed by atoms with Crippen molar-refractivity contribution in [2.75, 3.05) is 6.54 Å². The van der Waals surface area contributed by atoms with Crippen LogP contribution in [0.3, 0.4) is 0 Å². The fourth-order valence-corrected chi connectivity index (χ4v) is 3.90. The maximum atomic E-state index is 10.5. The second-order valence-electron chi connectivity index (χ2n) is 7.95. The van der Waals surface area contributed by atoms with Crippen molar-refractivity contribution < 1.29 is 27.0 Å². The number of aryl methyl sites for hydroxylation is 2. The van der Waals surface area contributed by atoms with Crippen LogP contribution < -0.4 is 21.9 Å². The summed E-state index contributed by atoms with van der Waals surface area (Å²) in [7, 11) is 0. The van der Waals surface area contributed by atoms with E-state index in [1.807, 2.05) is 12.1 Å². The predicted molar refractivity (Wildman–Crippen MR) is 107 cm³/mol. The van der Waals surface area contributed by atoms with Gasteiger partial charge < -0.3 is 27.0 Å². The van der Waals surface area contributed by atoms with Crippen LogP contribution in [0.25, 0.3) is 0 Å². The van der Waals surface area contributed by atoms with Gasteiger partial charge in [-0.25, -0.2) is 0 Å². The molecule has 0 aliphatic heterocycles. The molecule has 0 spiro atoms. The van der Waals surface area contributed by atoms with Crippen LogP contribution in [-0.4, -0.2) is 23.7 Å². The molecular formula is C23H34BrNO. The lowest BCUT2D eigenvalue weighted by atomic mass is 9.86. The number of quaternary nitrogens is 1. The maximum absolute atomic E-state index is 10.5. The average molecular weight is 420 g/mol. The van der Waals surface area contributed by atoms with Crippen LogP contribution >= 0.6 is 0 Å². The number of nitrogens with one attached hydrogen (secondary N) is 1. The summed E-state index contributed by atoms with van der Waals surface area (Å²) in [5.41, 5.74) is 4.82. The minimum Gasteiger partial charge on any atom is -1.00 e. The highest BCUT2D eigenvalue weighted by molar-refractivity contribution is 5.44. The molecule has 2 nitrogen and oxygen atoms in total.